The molecule has 17 heavy (non-hydrogen) atoms. The summed E-state index contributed by atoms with van der Waals surface area (Å²) in [5.74, 6) is 0. The van der Waals surface area contributed by atoms with Crippen molar-refractivity contribution in [3.05, 3.63) is 42.5 Å². The van der Waals surface area contributed by atoms with Crippen molar-refractivity contribution in [3.63, 3.8) is 0 Å². The maximum Gasteiger partial charge on any atom is 0.0492 e. The Labute approximate surface area is 101 Å². The van der Waals surface area contributed by atoms with E-state index in [9.17, 15) is 0 Å². The largest absolute Gasteiger partial charge is 0.388 e. The van der Waals surface area contributed by atoms with Crippen LogP contribution in [0.25, 0.3) is 21.8 Å². The number of fused-ring (bicyclic) bond motifs is 3. The molecule has 0 bridgehead atoms. The van der Waals surface area contributed by atoms with Gasteiger partial charge in [0, 0.05) is 41.1 Å². The smallest absolute Gasteiger partial charge is 0.0492 e. The van der Waals surface area contributed by atoms with Gasteiger partial charge in [0.15, 0.2) is 0 Å². The molecule has 86 valence electrons. The number of anilines is 1. The number of hydrogen-bond acceptors (Lipinski definition) is 1. The summed E-state index contributed by atoms with van der Waals surface area (Å²) in [5, 5.41) is 5.86. The molecule has 0 spiro atoms. The van der Waals surface area contributed by atoms with Crippen molar-refractivity contribution in [3.8, 4) is 0 Å². The summed E-state index contributed by atoms with van der Waals surface area (Å²) in [5.41, 5.74) is 3.79. The summed E-state index contributed by atoms with van der Waals surface area (Å²) in [6.07, 6.45) is 0. The van der Waals surface area contributed by atoms with Crippen LogP contribution in [0.2, 0.25) is 0 Å². The van der Waals surface area contributed by atoms with Crippen LogP contribution in [-0.4, -0.2) is 11.6 Å². The quantitative estimate of drug-likeness (QED) is 0.699. The maximum atomic E-state index is 3.20. The molecule has 2 nitrogen and oxygen atoms in total. The van der Waals surface area contributed by atoms with E-state index in [1.807, 2.05) is 7.05 Å². The Morgan fingerprint density at radius 3 is 2.53 bits per heavy atom. The van der Waals surface area contributed by atoms with Gasteiger partial charge in [0.1, 0.15) is 0 Å². The third kappa shape index (κ3) is 1.41. The average molecular weight is 224 g/mol. The lowest BCUT2D eigenvalue weighted by atomic mass is 10.1. The Bertz CT molecular complexity index is 680. The van der Waals surface area contributed by atoms with Crippen LogP contribution in [0.3, 0.4) is 0 Å². The fourth-order valence-electron chi connectivity index (χ4n) is 2.55. The molecular weight excluding hydrogens is 208 g/mol. The molecule has 0 saturated carbocycles. The summed E-state index contributed by atoms with van der Waals surface area (Å²) in [6.45, 7) is 3.20. The van der Waals surface area contributed by atoms with Crippen LogP contribution in [0.4, 0.5) is 5.69 Å². The second-order valence-electron chi connectivity index (χ2n) is 4.24. The van der Waals surface area contributed by atoms with Crippen molar-refractivity contribution < 1.29 is 0 Å². The second kappa shape index (κ2) is 3.81. The standard InChI is InChI=1S/C15H16N2/c1-3-17-14-7-5-4-6-12(14)13-10-11(16-2)8-9-15(13)17/h4-10,16H,3H2,1-2H3. The molecule has 0 unspecified atom stereocenters. The highest BCUT2D eigenvalue weighted by molar-refractivity contribution is 6.09. The predicted molar refractivity (Wildman–Crippen MR) is 74.7 cm³/mol. The molecule has 0 amide bonds. The number of aromatic nitrogens is 1. The van der Waals surface area contributed by atoms with Gasteiger partial charge in [-0.05, 0) is 31.2 Å². The number of benzene rings is 2. The van der Waals surface area contributed by atoms with E-state index in [4.69, 9.17) is 0 Å². The highest BCUT2D eigenvalue weighted by atomic mass is 15.0. The monoisotopic (exact) mass is 224 g/mol. The molecule has 3 aromatic rings. The zero-order chi connectivity index (χ0) is 11.8. The van der Waals surface area contributed by atoms with Gasteiger partial charge in [-0.2, -0.15) is 0 Å². The normalized spacial score (nSPS) is 11.2. The van der Waals surface area contributed by atoms with Crippen LogP contribution in [0.15, 0.2) is 42.5 Å². The van der Waals surface area contributed by atoms with Gasteiger partial charge in [-0.3, -0.25) is 0 Å². The van der Waals surface area contributed by atoms with Gasteiger partial charge < -0.3 is 9.88 Å². The molecule has 2 heteroatoms. The number of nitrogens with one attached hydrogen (secondary N) is 1. The van der Waals surface area contributed by atoms with Crippen molar-refractivity contribution in [2.45, 2.75) is 13.5 Å². The fraction of sp³-hybridized carbons (Fsp3) is 0.200. The van der Waals surface area contributed by atoms with Crippen LogP contribution in [0.1, 0.15) is 6.92 Å². The van der Waals surface area contributed by atoms with Crippen molar-refractivity contribution in [1.82, 2.24) is 4.57 Å². The molecule has 0 radical (unpaired) electrons. The summed E-state index contributed by atoms with van der Waals surface area (Å²) >= 11 is 0. The van der Waals surface area contributed by atoms with Gasteiger partial charge in [-0.25, -0.2) is 0 Å². The molecule has 0 aliphatic rings. The van der Waals surface area contributed by atoms with E-state index in [-0.39, 0.29) is 0 Å². The van der Waals surface area contributed by atoms with Crippen molar-refractivity contribution in [1.29, 1.82) is 0 Å². The van der Waals surface area contributed by atoms with Crippen molar-refractivity contribution in [2.75, 3.05) is 12.4 Å². The van der Waals surface area contributed by atoms with E-state index >= 15 is 0 Å². The third-order valence-corrected chi connectivity index (χ3v) is 3.38. The zero-order valence-corrected chi connectivity index (χ0v) is 10.2. The molecule has 1 heterocycles. The minimum atomic E-state index is 1.00. The molecule has 1 N–H and O–H groups in total. The Balaban J connectivity index is 2.49. The molecule has 0 saturated heterocycles. The third-order valence-electron chi connectivity index (χ3n) is 3.38. The molecule has 0 aliphatic carbocycles. The lowest BCUT2D eigenvalue weighted by molar-refractivity contribution is 0.827. The molecule has 2 aromatic carbocycles. The van der Waals surface area contributed by atoms with E-state index in [2.05, 4.69) is 59.3 Å². The van der Waals surface area contributed by atoms with Crippen LogP contribution >= 0.6 is 0 Å². The van der Waals surface area contributed by atoms with Crippen LogP contribution in [0.5, 0.6) is 0 Å². The highest BCUT2D eigenvalue weighted by Gasteiger charge is 2.08. The van der Waals surface area contributed by atoms with Gasteiger partial charge in [-0.1, -0.05) is 18.2 Å². The predicted octanol–water partition coefficient (Wildman–Crippen LogP) is 3.86. The molecule has 0 aliphatic heterocycles. The molecule has 1 aromatic heterocycles. The molecule has 0 atom stereocenters. The number of nitrogens with zero attached hydrogens (tertiary/aromatic N) is 1. The topological polar surface area (TPSA) is 17.0 Å². The molecule has 0 fully saturated rings. The zero-order valence-electron chi connectivity index (χ0n) is 10.2. The first kappa shape index (κ1) is 10.2. The Hall–Kier alpha value is -1.96. The van der Waals surface area contributed by atoms with Crippen LogP contribution in [0, 0.1) is 0 Å². The fourth-order valence-corrected chi connectivity index (χ4v) is 2.55. The lowest BCUT2D eigenvalue weighted by Gasteiger charge is -2.03. The molecule has 3 rings (SSSR count). The first-order valence-electron chi connectivity index (χ1n) is 6.04. The maximum absolute atomic E-state index is 3.20. The minimum absolute atomic E-state index is 1.00. The van der Waals surface area contributed by atoms with E-state index in [0.29, 0.717) is 0 Å². The van der Waals surface area contributed by atoms with Gasteiger partial charge in [-0.15, -0.1) is 0 Å². The average Bonchev–Trinajstić information content (AvgIpc) is 2.71. The highest BCUT2D eigenvalue weighted by Crippen LogP contribution is 2.30. The Kier molecular flexibility index (Phi) is 2.29. The van der Waals surface area contributed by atoms with Gasteiger partial charge in [0.25, 0.3) is 0 Å². The van der Waals surface area contributed by atoms with E-state index in [0.717, 1.165) is 12.2 Å². The van der Waals surface area contributed by atoms with Crippen molar-refractivity contribution in [2.24, 2.45) is 0 Å². The van der Waals surface area contributed by atoms with Gasteiger partial charge >= 0.3 is 0 Å². The summed E-state index contributed by atoms with van der Waals surface area (Å²) in [6, 6.07) is 15.2. The Morgan fingerprint density at radius 2 is 1.76 bits per heavy atom. The van der Waals surface area contributed by atoms with Gasteiger partial charge in [0.2, 0.25) is 0 Å². The first-order chi connectivity index (χ1) is 8.35. The summed E-state index contributed by atoms with van der Waals surface area (Å²) in [4.78, 5) is 0. The first-order valence-corrected chi connectivity index (χ1v) is 6.04. The second-order valence-corrected chi connectivity index (χ2v) is 4.24. The molecular formula is C15H16N2. The van der Waals surface area contributed by atoms with Gasteiger partial charge in [0.05, 0.1) is 0 Å². The summed E-state index contributed by atoms with van der Waals surface area (Å²) in [7, 11) is 1.96. The number of hydrogen-bond donors (Lipinski definition) is 1. The minimum Gasteiger partial charge on any atom is -0.388 e. The van der Waals surface area contributed by atoms with E-state index in [1.165, 1.54) is 21.8 Å². The number of aryl methyl sites for hydroxylation is 1. The number of rotatable bonds is 2. The van der Waals surface area contributed by atoms with Crippen LogP contribution in [-0.2, 0) is 6.54 Å². The van der Waals surface area contributed by atoms with E-state index in [1.54, 1.807) is 0 Å². The van der Waals surface area contributed by atoms with E-state index < -0.39 is 0 Å². The number of para-hydroxylation sites is 1. The Morgan fingerprint density at radius 1 is 1.00 bits per heavy atom. The lowest BCUT2D eigenvalue weighted by Crippen LogP contribution is -1.93. The SMILES string of the molecule is CCn1c2ccccc2c2cc(NC)ccc21. The van der Waals surface area contributed by atoms with Crippen molar-refractivity contribution >= 4 is 27.5 Å². The summed E-state index contributed by atoms with van der Waals surface area (Å²) < 4.78 is 2.37. The van der Waals surface area contributed by atoms with Crippen LogP contribution < -0.4 is 5.32 Å².